The van der Waals surface area contributed by atoms with Gasteiger partial charge in [0.05, 0.1) is 19.8 Å². The highest BCUT2D eigenvalue weighted by Crippen LogP contribution is 2.43. The molecule has 0 aliphatic carbocycles. The summed E-state index contributed by atoms with van der Waals surface area (Å²) in [5, 5.41) is 9.86. The molecular formula is C66H123O11P. The number of ether oxygens (including phenoxy) is 3. The number of carbonyl (C=O) groups is 3. The number of phosphoric ester groups is 1. The fourth-order valence-corrected chi connectivity index (χ4v) is 10.2. The predicted octanol–water partition coefficient (Wildman–Crippen LogP) is 19.9. The van der Waals surface area contributed by atoms with Crippen molar-refractivity contribution < 1.29 is 52.2 Å². The Balaban J connectivity index is 4.67. The van der Waals surface area contributed by atoms with Crippen molar-refractivity contribution >= 4 is 25.7 Å². The Kier molecular flexibility index (Phi) is 59.0. The monoisotopic (exact) mass is 1120 g/mol. The van der Waals surface area contributed by atoms with Crippen molar-refractivity contribution in [1.82, 2.24) is 0 Å². The van der Waals surface area contributed by atoms with Crippen LogP contribution in [0, 0.1) is 0 Å². The highest BCUT2D eigenvalue weighted by Gasteiger charge is 2.28. The third kappa shape index (κ3) is 58.4. The third-order valence-corrected chi connectivity index (χ3v) is 15.5. The summed E-state index contributed by atoms with van der Waals surface area (Å²) in [5.74, 6) is -1.45. The number of allylic oxidation sites excluding steroid dienone is 6. The van der Waals surface area contributed by atoms with Crippen molar-refractivity contribution in [1.29, 1.82) is 0 Å². The molecule has 0 spiro atoms. The topological polar surface area (TPSA) is 155 Å². The molecule has 0 fully saturated rings. The number of esters is 3. The summed E-state index contributed by atoms with van der Waals surface area (Å²) in [7, 11) is -4.75. The molecule has 458 valence electrons. The van der Waals surface area contributed by atoms with Crippen LogP contribution in [0.3, 0.4) is 0 Å². The highest BCUT2D eigenvalue weighted by molar-refractivity contribution is 7.47. The maximum Gasteiger partial charge on any atom is 0.472 e. The maximum atomic E-state index is 13.0. The van der Waals surface area contributed by atoms with Crippen molar-refractivity contribution in [3.8, 4) is 0 Å². The molecule has 0 radical (unpaired) electrons. The first-order valence-corrected chi connectivity index (χ1v) is 34.4. The number of unbranched alkanes of at least 4 members (excludes halogenated alkanes) is 39. The molecule has 3 unspecified atom stereocenters. The minimum atomic E-state index is -4.75. The molecular weight excluding hydrogens is 1000 g/mol. The van der Waals surface area contributed by atoms with E-state index >= 15 is 0 Å². The van der Waals surface area contributed by atoms with Gasteiger partial charge in [-0.3, -0.25) is 23.4 Å². The summed E-state index contributed by atoms with van der Waals surface area (Å²) >= 11 is 0. The number of phosphoric acid groups is 1. The van der Waals surface area contributed by atoms with Gasteiger partial charge in [0.15, 0.2) is 6.10 Å². The van der Waals surface area contributed by atoms with Crippen LogP contribution in [0.2, 0.25) is 0 Å². The fraction of sp³-hybridized carbons (Fsp3) is 0.864. The smallest absolute Gasteiger partial charge is 0.462 e. The van der Waals surface area contributed by atoms with Crippen molar-refractivity contribution in [3.05, 3.63) is 36.5 Å². The average molecular weight is 1120 g/mol. The Hall–Kier alpha value is -2.30. The number of hydrogen-bond donors (Lipinski definition) is 2. The highest BCUT2D eigenvalue weighted by atomic mass is 31.2. The van der Waals surface area contributed by atoms with Crippen LogP contribution in [-0.4, -0.2) is 66.5 Å². The number of carbonyl (C=O) groups excluding carboxylic acids is 3. The van der Waals surface area contributed by atoms with Crippen molar-refractivity contribution in [3.63, 3.8) is 0 Å². The number of aliphatic hydroxyl groups excluding tert-OH is 1. The molecule has 78 heavy (non-hydrogen) atoms. The third-order valence-electron chi connectivity index (χ3n) is 14.5. The molecule has 0 saturated carbocycles. The minimum Gasteiger partial charge on any atom is -0.462 e. The first-order chi connectivity index (χ1) is 38.2. The molecule has 2 N–H and O–H groups in total. The van der Waals surface area contributed by atoms with E-state index in [-0.39, 0.29) is 25.9 Å². The number of aliphatic hydroxyl groups is 1. The van der Waals surface area contributed by atoms with E-state index in [2.05, 4.69) is 57.2 Å². The summed E-state index contributed by atoms with van der Waals surface area (Å²) < 4.78 is 39.7. The zero-order valence-electron chi connectivity index (χ0n) is 50.9. The first-order valence-electron chi connectivity index (χ1n) is 32.9. The molecule has 0 aromatic rings. The molecule has 0 amide bonds. The molecule has 0 heterocycles. The van der Waals surface area contributed by atoms with Crippen LogP contribution in [0.15, 0.2) is 36.5 Å². The zero-order valence-corrected chi connectivity index (χ0v) is 51.8. The molecule has 3 atom stereocenters. The van der Waals surface area contributed by atoms with Gasteiger partial charge >= 0.3 is 25.7 Å². The van der Waals surface area contributed by atoms with E-state index in [1.165, 1.54) is 193 Å². The summed E-state index contributed by atoms with van der Waals surface area (Å²) in [6.07, 6.45) is 65.2. The van der Waals surface area contributed by atoms with Gasteiger partial charge in [-0.25, -0.2) is 4.57 Å². The molecule has 0 bridgehead atoms. The molecule has 0 aromatic heterocycles. The van der Waals surface area contributed by atoms with Gasteiger partial charge in [-0.2, -0.15) is 0 Å². The molecule has 0 aromatic carbocycles. The molecule has 0 aliphatic rings. The molecule has 11 nitrogen and oxygen atoms in total. The maximum absolute atomic E-state index is 13.0. The van der Waals surface area contributed by atoms with E-state index in [4.69, 9.17) is 23.3 Å². The van der Waals surface area contributed by atoms with E-state index in [0.717, 1.165) is 77.0 Å². The van der Waals surface area contributed by atoms with Crippen molar-refractivity contribution in [2.75, 3.05) is 26.4 Å². The summed E-state index contributed by atoms with van der Waals surface area (Å²) in [5.41, 5.74) is 0. The fourth-order valence-electron chi connectivity index (χ4n) is 9.46. The SMILES string of the molecule is CCCCCCCC/C=C\CCCCCCCCCC(=O)OCC(COP(=O)(O)OCC(CO)OC(=O)CCCCCCCCC/C=C\CCCCCCCC)OC(=O)CCCCCCCCC/C=C\CCCCCCCC. The standard InChI is InChI=1S/C66H123O11P/c1-4-7-10-13-16-19-22-25-28-31-34-37-40-43-46-49-52-55-64(68)73-59-63(77-66(70)57-54-51-48-45-42-39-36-33-30-27-24-21-18-15-12-9-6-3)61-75-78(71,72)74-60-62(58-67)76-65(69)56-53-50-47-44-41-38-35-32-29-26-23-20-17-14-11-8-5-2/h25-30,62-63,67H,4-24,31-61H2,1-3H3,(H,71,72)/b28-25-,29-26-,30-27-. The van der Waals surface area contributed by atoms with Crippen molar-refractivity contribution in [2.45, 2.75) is 341 Å². The molecule has 0 aliphatic heterocycles. The lowest BCUT2D eigenvalue weighted by atomic mass is 10.1. The Bertz CT molecular complexity index is 1450. The Morgan fingerprint density at radius 3 is 0.885 bits per heavy atom. The van der Waals surface area contributed by atoms with Gasteiger partial charge in [0.1, 0.15) is 12.7 Å². The van der Waals surface area contributed by atoms with Gasteiger partial charge in [-0.15, -0.1) is 0 Å². The van der Waals surface area contributed by atoms with Crippen LogP contribution in [-0.2, 0) is 42.2 Å². The second-order valence-electron chi connectivity index (χ2n) is 22.3. The lowest BCUT2D eigenvalue weighted by Gasteiger charge is -2.21. The van der Waals surface area contributed by atoms with Gasteiger partial charge in [0.25, 0.3) is 0 Å². The van der Waals surface area contributed by atoms with E-state index in [0.29, 0.717) is 19.3 Å². The molecule has 0 saturated heterocycles. The Labute approximate surface area is 480 Å². The van der Waals surface area contributed by atoms with Gasteiger partial charge in [-0.1, -0.05) is 250 Å². The summed E-state index contributed by atoms with van der Waals surface area (Å²) in [6.45, 7) is 4.69. The Morgan fingerprint density at radius 1 is 0.346 bits per heavy atom. The van der Waals surface area contributed by atoms with E-state index in [9.17, 15) is 28.9 Å². The Morgan fingerprint density at radius 2 is 0.590 bits per heavy atom. The van der Waals surface area contributed by atoms with Crippen LogP contribution in [0.4, 0.5) is 0 Å². The van der Waals surface area contributed by atoms with Crippen LogP contribution >= 0.6 is 7.82 Å². The van der Waals surface area contributed by atoms with Crippen LogP contribution < -0.4 is 0 Å². The van der Waals surface area contributed by atoms with Crippen molar-refractivity contribution in [2.24, 2.45) is 0 Å². The molecule has 0 rings (SSSR count). The number of hydrogen-bond acceptors (Lipinski definition) is 10. The lowest BCUT2D eigenvalue weighted by molar-refractivity contribution is -0.161. The lowest BCUT2D eigenvalue weighted by Crippen LogP contribution is -2.30. The second-order valence-corrected chi connectivity index (χ2v) is 23.7. The average Bonchev–Trinajstić information content (AvgIpc) is 3.43. The second kappa shape index (κ2) is 60.8. The van der Waals surface area contributed by atoms with Gasteiger partial charge < -0.3 is 24.2 Å². The van der Waals surface area contributed by atoms with Gasteiger partial charge in [0, 0.05) is 19.3 Å². The van der Waals surface area contributed by atoms with Gasteiger partial charge in [-0.05, 0) is 96.3 Å². The summed E-state index contributed by atoms with van der Waals surface area (Å²) in [4.78, 5) is 48.8. The normalized spacial score (nSPS) is 13.4. The predicted molar refractivity (Wildman–Crippen MR) is 326 cm³/mol. The first kappa shape index (κ1) is 75.7. The van der Waals surface area contributed by atoms with Crippen LogP contribution in [0.5, 0.6) is 0 Å². The van der Waals surface area contributed by atoms with E-state index in [1.807, 2.05) is 0 Å². The number of rotatable bonds is 62. The van der Waals surface area contributed by atoms with Crippen LogP contribution in [0.1, 0.15) is 329 Å². The van der Waals surface area contributed by atoms with Gasteiger partial charge in [0.2, 0.25) is 0 Å². The largest absolute Gasteiger partial charge is 0.472 e. The van der Waals surface area contributed by atoms with E-state index in [1.54, 1.807) is 0 Å². The minimum absolute atomic E-state index is 0.165. The van der Waals surface area contributed by atoms with Crippen LogP contribution in [0.25, 0.3) is 0 Å². The quantitative estimate of drug-likeness (QED) is 0.0197. The summed E-state index contributed by atoms with van der Waals surface area (Å²) in [6, 6.07) is 0. The molecule has 12 heteroatoms. The zero-order chi connectivity index (χ0) is 56.9. The van der Waals surface area contributed by atoms with E-state index < -0.39 is 57.8 Å².